The molecule has 0 bridgehead atoms. The monoisotopic (exact) mass is 260 g/mol. The molecule has 0 aliphatic rings. The lowest BCUT2D eigenvalue weighted by atomic mass is 9.82. The quantitative estimate of drug-likeness (QED) is 0.778. The molecule has 0 saturated heterocycles. The van der Waals surface area contributed by atoms with Crippen LogP contribution in [0.5, 0.6) is 5.75 Å². The standard InChI is InChI=1S/C14H19F3O/c1-8-6-10(9(2)14(15,16)17)7-11(12(8)18)13(3,4)5/h6-7,9,18H,1-5H3. The van der Waals surface area contributed by atoms with Gasteiger partial charge in [0.15, 0.2) is 0 Å². The number of rotatable bonds is 1. The highest BCUT2D eigenvalue weighted by Crippen LogP contribution is 2.40. The second-order valence-electron chi connectivity index (χ2n) is 5.75. The Morgan fingerprint density at radius 2 is 1.61 bits per heavy atom. The van der Waals surface area contributed by atoms with Gasteiger partial charge in [-0.2, -0.15) is 13.2 Å². The van der Waals surface area contributed by atoms with Crippen LogP contribution >= 0.6 is 0 Å². The summed E-state index contributed by atoms with van der Waals surface area (Å²) in [7, 11) is 0. The van der Waals surface area contributed by atoms with Crippen LogP contribution in [0.1, 0.15) is 50.3 Å². The van der Waals surface area contributed by atoms with Gasteiger partial charge < -0.3 is 5.11 Å². The molecule has 0 fully saturated rings. The van der Waals surface area contributed by atoms with Crippen molar-refractivity contribution in [2.45, 2.75) is 52.1 Å². The highest BCUT2D eigenvalue weighted by atomic mass is 19.4. The average molecular weight is 260 g/mol. The van der Waals surface area contributed by atoms with Gasteiger partial charge in [-0.25, -0.2) is 0 Å². The molecule has 1 aromatic rings. The molecule has 4 heteroatoms. The molecule has 0 aliphatic heterocycles. The van der Waals surface area contributed by atoms with Gasteiger partial charge in [-0.3, -0.25) is 0 Å². The van der Waals surface area contributed by atoms with E-state index in [0.717, 1.165) is 6.92 Å². The maximum atomic E-state index is 12.7. The number of phenols is 1. The van der Waals surface area contributed by atoms with E-state index < -0.39 is 17.5 Å². The number of benzene rings is 1. The van der Waals surface area contributed by atoms with Gasteiger partial charge in [-0.05, 0) is 36.0 Å². The van der Waals surface area contributed by atoms with Crippen LogP contribution < -0.4 is 0 Å². The lowest BCUT2D eigenvalue weighted by molar-refractivity contribution is -0.146. The van der Waals surface area contributed by atoms with Crippen LogP contribution in [0.25, 0.3) is 0 Å². The highest BCUT2D eigenvalue weighted by Gasteiger charge is 2.37. The van der Waals surface area contributed by atoms with Crippen molar-refractivity contribution >= 4 is 0 Å². The summed E-state index contributed by atoms with van der Waals surface area (Å²) in [6, 6.07) is 2.86. The number of phenolic OH excluding ortho intramolecular Hbond substituents is 1. The van der Waals surface area contributed by atoms with Crippen LogP contribution in [0.4, 0.5) is 13.2 Å². The van der Waals surface area contributed by atoms with E-state index in [0.29, 0.717) is 11.1 Å². The summed E-state index contributed by atoms with van der Waals surface area (Å²) in [5.41, 5.74) is 0.834. The van der Waals surface area contributed by atoms with Crippen molar-refractivity contribution in [3.05, 3.63) is 28.8 Å². The summed E-state index contributed by atoms with van der Waals surface area (Å²) < 4.78 is 38.2. The van der Waals surface area contributed by atoms with Gasteiger partial charge in [0.2, 0.25) is 0 Å². The van der Waals surface area contributed by atoms with Crippen molar-refractivity contribution in [2.75, 3.05) is 0 Å². The molecule has 1 atom stereocenters. The summed E-state index contributed by atoms with van der Waals surface area (Å²) >= 11 is 0. The Kier molecular flexibility index (Phi) is 3.70. The molecular formula is C14H19F3O. The maximum Gasteiger partial charge on any atom is 0.395 e. The molecule has 0 radical (unpaired) electrons. The fraction of sp³-hybridized carbons (Fsp3) is 0.571. The minimum absolute atomic E-state index is 0.0839. The predicted molar refractivity (Wildman–Crippen MR) is 66.0 cm³/mol. The normalized spacial score (nSPS) is 14.7. The molecule has 1 nitrogen and oxygen atoms in total. The highest BCUT2D eigenvalue weighted by molar-refractivity contribution is 5.47. The minimum Gasteiger partial charge on any atom is -0.507 e. The average Bonchev–Trinajstić information content (AvgIpc) is 2.17. The number of hydrogen-bond acceptors (Lipinski definition) is 1. The van der Waals surface area contributed by atoms with Gasteiger partial charge in [0.25, 0.3) is 0 Å². The Labute approximate surface area is 106 Å². The lowest BCUT2D eigenvalue weighted by Crippen LogP contribution is -2.19. The van der Waals surface area contributed by atoms with Gasteiger partial charge in [0, 0.05) is 0 Å². The molecule has 0 aromatic heterocycles. The van der Waals surface area contributed by atoms with Crippen LogP contribution in [0.15, 0.2) is 12.1 Å². The van der Waals surface area contributed by atoms with Gasteiger partial charge in [-0.15, -0.1) is 0 Å². The van der Waals surface area contributed by atoms with Crippen molar-refractivity contribution in [1.29, 1.82) is 0 Å². The van der Waals surface area contributed by atoms with Crippen LogP contribution in [0.2, 0.25) is 0 Å². The van der Waals surface area contributed by atoms with E-state index in [1.54, 1.807) is 6.92 Å². The molecule has 0 aliphatic carbocycles. The molecule has 0 amide bonds. The van der Waals surface area contributed by atoms with Gasteiger partial charge in [0.1, 0.15) is 5.75 Å². The zero-order valence-corrected chi connectivity index (χ0v) is 11.3. The zero-order chi connectivity index (χ0) is 14.3. The number of aromatic hydroxyl groups is 1. The molecule has 1 aromatic carbocycles. The molecule has 0 saturated carbocycles. The van der Waals surface area contributed by atoms with Gasteiger partial charge in [0.05, 0.1) is 5.92 Å². The van der Waals surface area contributed by atoms with Gasteiger partial charge in [-0.1, -0.05) is 32.9 Å². The van der Waals surface area contributed by atoms with Gasteiger partial charge >= 0.3 is 6.18 Å². The van der Waals surface area contributed by atoms with Crippen molar-refractivity contribution in [3.8, 4) is 5.75 Å². The molecule has 0 heterocycles. The first-order chi connectivity index (χ1) is 7.94. The summed E-state index contributed by atoms with van der Waals surface area (Å²) in [5, 5.41) is 9.96. The Balaban J connectivity index is 3.38. The van der Waals surface area contributed by atoms with Crippen molar-refractivity contribution in [2.24, 2.45) is 0 Å². The third kappa shape index (κ3) is 2.98. The third-order valence-electron chi connectivity index (χ3n) is 3.12. The first-order valence-electron chi connectivity index (χ1n) is 5.85. The van der Waals surface area contributed by atoms with E-state index in [4.69, 9.17) is 0 Å². The summed E-state index contributed by atoms with van der Waals surface area (Å²) in [6.07, 6.45) is -4.27. The summed E-state index contributed by atoms with van der Waals surface area (Å²) in [5.74, 6) is -1.45. The fourth-order valence-electron chi connectivity index (χ4n) is 1.82. The van der Waals surface area contributed by atoms with E-state index in [1.807, 2.05) is 20.8 Å². The van der Waals surface area contributed by atoms with E-state index in [2.05, 4.69) is 0 Å². The van der Waals surface area contributed by atoms with Crippen LogP contribution in [0.3, 0.4) is 0 Å². The van der Waals surface area contributed by atoms with E-state index in [-0.39, 0.29) is 11.3 Å². The molecule has 1 rings (SSSR count). The van der Waals surface area contributed by atoms with E-state index in [1.165, 1.54) is 12.1 Å². The second kappa shape index (κ2) is 4.48. The summed E-state index contributed by atoms with van der Waals surface area (Å²) in [6.45, 7) is 8.35. The largest absolute Gasteiger partial charge is 0.507 e. The maximum absolute atomic E-state index is 12.7. The smallest absolute Gasteiger partial charge is 0.395 e. The lowest BCUT2D eigenvalue weighted by Gasteiger charge is -2.25. The van der Waals surface area contributed by atoms with Crippen LogP contribution in [-0.4, -0.2) is 11.3 Å². The Morgan fingerprint density at radius 3 is 2.00 bits per heavy atom. The van der Waals surface area contributed by atoms with E-state index in [9.17, 15) is 18.3 Å². The molecular weight excluding hydrogens is 241 g/mol. The van der Waals surface area contributed by atoms with Crippen molar-refractivity contribution < 1.29 is 18.3 Å². The number of aryl methyl sites for hydroxylation is 1. The number of halogens is 3. The molecule has 102 valence electrons. The third-order valence-corrected chi connectivity index (χ3v) is 3.12. The summed E-state index contributed by atoms with van der Waals surface area (Å²) in [4.78, 5) is 0. The molecule has 1 N–H and O–H groups in total. The Morgan fingerprint density at radius 1 is 1.11 bits per heavy atom. The van der Waals surface area contributed by atoms with Crippen molar-refractivity contribution in [3.63, 3.8) is 0 Å². The van der Waals surface area contributed by atoms with Crippen LogP contribution in [-0.2, 0) is 5.41 Å². The number of alkyl halides is 3. The van der Waals surface area contributed by atoms with Crippen LogP contribution in [0, 0.1) is 6.92 Å². The number of hydrogen-bond donors (Lipinski definition) is 1. The first kappa shape index (κ1) is 14.9. The molecule has 18 heavy (non-hydrogen) atoms. The predicted octanol–water partition coefficient (Wildman–Crippen LogP) is 4.66. The Bertz CT molecular complexity index is 442. The SMILES string of the molecule is Cc1cc(C(C)C(F)(F)F)cc(C(C)(C)C)c1O. The second-order valence-corrected chi connectivity index (χ2v) is 5.75. The zero-order valence-electron chi connectivity index (χ0n) is 11.3. The first-order valence-corrected chi connectivity index (χ1v) is 5.85. The Hall–Kier alpha value is -1.19. The minimum atomic E-state index is -4.27. The molecule has 1 unspecified atom stereocenters. The van der Waals surface area contributed by atoms with Crippen molar-refractivity contribution in [1.82, 2.24) is 0 Å². The topological polar surface area (TPSA) is 20.2 Å². The van der Waals surface area contributed by atoms with E-state index >= 15 is 0 Å². The fourth-order valence-corrected chi connectivity index (χ4v) is 1.82. The molecule has 0 spiro atoms.